The number of ether oxygens (including phenoxy) is 1. The maximum Gasteiger partial charge on any atom is 0.262 e. The van der Waals surface area contributed by atoms with Crippen molar-refractivity contribution in [2.45, 2.75) is 6.42 Å². The van der Waals surface area contributed by atoms with E-state index in [0.717, 1.165) is 22.9 Å². The first-order chi connectivity index (χ1) is 15.6. The second-order valence-electron chi connectivity index (χ2n) is 7.29. The Bertz CT molecular complexity index is 1220. The Morgan fingerprint density at radius 3 is 2.34 bits per heavy atom. The van der Waals surface area contributed by atoms with Gasteiger partial charge in [0, 0.05) is 34.0 Å². The lowest BCUT2D eigenvalue weighted by Crippen LogP contribution is -2.20. The van der Waals surface area contributed by atoms with Crippen LogP contribution in [0.3, 0.4) is 0 Å². The summed E-state index contributed by atoms with van der Waals surface area (Å²) in [5.41, 5.74) is 9.62. The normalized spacial score (nSPS) is 10.7. The number of anilines is 2. The molecule has 0 aliphatic rings. The van der Waals surface area contributed by atoms with Crippen molar-refractivity contribution in [1.29, 1.82) is 0 Å². The summed E-state index contributed by atoms with van der Waals surface area (Å²) in [6.45, 7) is 0.448. The van der Waals surface area contributed by atoms with Crippen LogP contribution >= 0.6 is 0 Å². The monoisotopic (exact) mass is 428 g/mol. The number of amides is 2. The number of hydrogen-bond acceptors (Lipinski definition) is 4. The fourth-order valence-corrected chi connectivity index (χ4v) is 3.39. The van der Waals surface area contributed by atoms with E-state index >= 15 is 0 Å². The highest BCUT2D eigenvalue weighted by molar-refractivity contribution is 6.04. The van der Waals surface area contributed by atoms with Gasteiger partial charge in [-0.3, -0.25) is 9.59 Å². The van der Waals surface area contributed by atoms with Gasteiger partial charge in [0.15, 0.2) is 6.61 Å². The first-order valence-electron chi connectivity index (χ1n) is 10.3. The van der Waals surface area contributed by atoms with Crippen molar-refractivity contribution >= 4 is 34.1 Å². The Morgan fingerprint density at radius 1 is 0.906 bits per heavy atom. The third-order valence-corrected chi connectivity index (χ3v) is 4.98. The highest BCUT2D eigenvalue weighted by atomic mass is 16.5. The van der Waals surface area contributed by atoms with Crippen LogP contribution in [0.5, 0.6) is 5.75 Å². The van der Waals surface area contributed by atoms with Crippen LogP contribution in [-0.4, -0.2) is 29.9 Å². The third-order valence-electron chi connectivity index (χ3n) is 4.98. The number of aromatic nitrogens is 1. The van der Waals surface area contributed by atoms with E-state index in [9.17, 15) is 9.59 Å². The lowest BCUT2D eigenvalue weighted by molar-refractivity contribution is -0.118. The number of hydrogen-bond donors (Lipinski definition) is 4. The Labute approximate surface area is 185 Å². The minimum absolute atomic E-state index is 0.116. The number of carbonyl (C=O) groups excluding carboxylic acids is 2. The van der Waals surface area contributed by atoms with Crippen molar-refractivity contribution in [2.75, 3.05) is 23.8 Å². The molecular weight excluding hydrogens is 404 g/mol. The van der Waals surface area contributed by atoms with Crippen LogP contribution in [0.25, 0.3) is 10.9 Å². The molecule has 7 nitrogen and oxygen atoms in total. The smallest absolute Gasteiger partial charge is 0.262 e. The summed E-state index contributed by atoms with van der Waals surface area (Å²) in [6, 6.07) is 21.5. The SMILES string of the molecule is NCCc1c[nH]c2ccc(OCC(=O)Nc3ccc(NC(=O)c4ccccc4)cc3)cc12. The Hall–Kier alpha value is -4.10. The molecule has 2 amide bonds. The molecule has 4 rings (SSSR count). The van der Waals surface area contributed by atoms with E-state index in [1.165, 1.54) is 0 Å². The second kappa shape index (κ2) is 9.80. The maximum absolute atomic E-state index is 12.3. The molecule has 0 bridgehead atoms. The van der Waals surface area contributed by atoms with Gasteiger partial charge in [0.2, 0.25) is 0 Å². The maximum atomic E-state index is 12.3. The van der Waals surface area contributed by atoms with Gasteiger partial charge in [-0.1, -0.05) is 18.2 Å². The minimum atomic E-state index is -0.276. The number of nitrogens with one attached hydrogen (secondary N) is 3. The summed E-state index contributed by atoms with van der Waals surface area (Å²) < 4.78 is 5.66. The van der Waals surface area contributed by atoms with Crippen molar-refractivity contribution in [3.05, 3.63) is 90.1 Å². The summed E-state index contributed by atoms with van der Waals surface area (Å²) >= 11 is 0. The molecule has 0 spiro atoms. The van der Waals surface area contributed by atoms with E-state index in [-0.39, 0.29) is 18.4 Å². The summed E-state index contributed by atoms with van der Waals surface area (Å²) in [4.78, 5) is 27.7. The fraction of sp³-hybridized carbons (Fsp3) is 0.120. The van der Waals surface area contributed by atoms with Crippen molar-refractivity contribution in [1.82, 2.24) is 4.98 Å². The lowest BCUT2D eigenvalue weighted by Gasteiger charge is -2.09. The second-order valence-corrected chi connectivity index (χ2v) is 7.29. The average molecular weight is 428 g/mol. The van der Waals surface area contributed by atoms with E-state index in [2.05, 4.69) is 15.6 Å². The molecule has 0 saturated carbocycles. The number of H-pyrrole nitrogens is 1. The molecule has 0 saturated heterocycles. The van der Waals surface area contributed by atoms with E-state index in [4.69, 9.17) is 10.5 Å². The third kappa shape index (κ3) is 5.14. The molecule has 0 atom stereocenters. The Kier molecular flexibility index (Phi) is 6.48. The molecular formula is C25H24N4O3. The molecule has 3 aromatic carbocycles. The van der Waals surface area contributed by atoms with Gasteiger partial charge in [-0.15, -0.1) is 0 Å². The number of rotatable bonds is 8. The molecule has 0 aliphatic heterocycles. The first-order valence-corrected chi connectivity index (χ1v) is 10.3. The fourth-order valence-electron chi connectivity index (χ4n) is 3.39. The van der Waals surface area contributed by atoms with E-state index in [1.807, 2.05) is 42.6 Å². The molecule has 1 aromatic heterocycles. The highest BCUT2D eigenvalue weighted by Gasteiger charge is 2.09. The van der Waals surface area contributed by atoms with Crippen LogP contribution in [0, 0.1) is 0 Å². The van der Waals surface area contributed by atoms with Gasteiger partial charge in [0.1, 0.15) is 5.75 Å². The van der Waals surface area contributed by atoms with E-state index < -0.39 is 0 Å². The molecule has 0 fully saturated rings. The van der Waals surface area contributed by atoms with Crippen molar-refractivity contribution in [2.24, 2.45) is 5.73 Å². The first kappa shape index (κ1) is 21.1. The van der Waals surface area contributed by atoms with Crippen LogP contribution in [0.2, 0.25) is 0 Å². The zero-order valence-corrected chi connectivity index (χ0v) is 17.4. The molecule has 0 aliphatic carbocycles. The van der Waals surface area contributed by atoms with Crippen molar-refractivity contribution < 1.29 is 14.3 Å². The largest absolute Gasteiger partial charge is 0.484 e. The predicted octanol–water partition coefficient (Wildman–Crippen LogP) is 3.94. The van der Waals surface area contributed by atoms with Gasteiger partial charge in [-0.25, -0.2) is 0 Å². The molecule has 7 heteroatoms. The molecule has 1 heterocycles. The summed E-state index contributed by atoms with van der Waals surface area (Å²) in [5.74, 6) is 0.150. The van der Waals surface area contributed by atoms with Gasteiger partial charge < -0.3 is 26.1 Å². The summed E-state index contributed by atoms with van der Waals surface area (Å²) in [6.07, 6.45) is 2.71. The van der Waals surface area contributed by atoms with E-state index in [0.29, 0.717) is 29.2 Å². The number of aromatic amines is 1. The average Bonchev–Trinajstić information content (AvgIpc) is 3.22. The Morgan fingerprint density at radius 2 is 1.62 bits per heavy atom. The predicted molar refractivity (Wildman–Crippen MR) is 126 cm³/mol. The van der Waals surface area contributed by atoms with Crippen LogP contribution in [-0.2, 0) is 11.2 Å². The van der Waals surface area contributed by atoms with Crippen LogP contribution in [0.4, 0.5) is 11.4 Å². The zero-order valence-electron chi connectivity index (χ0n) is 17.4. The number of benzene rings is 3. The zero-order chi connectivity index (χ0) is 22.3. The van der Waals surface area contributed by atoms with Gasteiger partial charge in [0.05, 0.1) is 0 Å². The number of carbonyl (C=O) groups is 2. The molecule has 32 heavy (non-hydrogen) atoms. The van der Waals surface area contributed by atoms with Gasteiger partial charge >= 0.3 is 0 Å². The van der Waals surface area contributed by atoms with Crippen LogP contribution in [0.1, 0.15) is 15.9 Å². The number of fused-ring (bicyclic) bond motifs is 1. The van der Waals surface area contributed by atoms with E-state index in [1.54, 1.807) is 36.4 Å². The summed E-state index contributed by atoms with van der Waals surface area (Å²) in [7, 11) is 0. The van der Waals surface area contributed by atoms with Crippen molar-refractivity contribution in [3.63, 3.8) is 0 Å². The lowest BCUT2D eigenvalue weighted by atomic mass is 10.1. The summed E-state index contributed by atoms with van der Waals surface area (Å²) in [5, 5.41) is 6.66. The van der Waals surface area contributed by atoms with Gasteiger partial charge in [-0.05, 0) is 73.1 Å². The van der Waals surface area contributed by atoms with Gasteiger partial charge in [-0.2, -0.15) is 0 Å². The quantitative estimate of drug-likeness (QED) is 0.341. The topological polar surface area (TPSA) is 109 Å². The standard InChI is InChI=1S/C25H24N4O3/c26-13-12-18-15-27-23-11-10-21(14-22(18)23)32-16-24(30)28-19-6-8-20(9-7-19)29-25(31)17-4-2-1-3-5-17/h1-11,14-15,27H,12-13,16,26H2,(H,28,30)(H,29,31). The molecule has 4 aromatic rings. The number of nitrogens with two attached hydrogens (primary N) is 1. The van der Waals surface area contributed by atoms with Crippen molar-refractivity contribution in [3.8, 4) is 5.75 Å². The molecule has 0 radical (unpaired) electrons. The highest BCUT2D eigenvalue weighted by Crippen LogP contribution is 2.24. The molecule has 5 N–H and O–H groups in total. The van der Waals surface area contributed by atoms with Gasteiger partial charge in [0.25, 0.3) is 11.8 Å². The minimum Gasteiger partial charge on any atom is -0.484 e. The molecule has 0 unspecified atom stereocenters. The molecule has 162 valence electrons. The van der Waals surface area contributed by atoms with Crippen LogP contribution in [0.15, 0.2) is 79.0 Å². The van der Waals surface area contributed by atoms with Crippen LogP contribution < -0.4 is 21.1 Å². The Balaban J connectivity index is 1.31.